The summed E-state index contributed by atoms with van der Waals surface area (Å²) >= 11 is 0. The highest BCUT2D eigenvalue weighted by molar-refractivity contribution is 5.14. The van der Waals surface area contributed by atoms with Gasteiger partial charge in [-0.25, -0.2) is 9.67 Å². The first-order chi connectivity index (χ1) is 8.15. The Labute approximate surface area is 103 Å². The summed E-state index contributed by atoms with van der Waals surface area (Å²) in [5.74, 6) is 1.66. The molecule has 1 atom stereocenters. The number of aromatic nitrogens is 3. The van der Waals surface area contributed by atoms with Gasteiger partial charge < -0.3 is 5.73 Å². The van der Waals surface area contributed by atoms with Crippen LogP contribution in [-0.2, 0) is 13.0 Å². The lowest BCUT2D eigenvalue weighted by molar-refractivity contribution is 0.467. The molecule has 4 heteroatoms. The van der Waals surface area contributed by atoms with Crippen LogP contribution in [0.15, 0.2) is 18.0 Å². The lowest BCUT2D eigenvalue weighted by Gasteiger charge is -2.18. The van der Waals surface area contributed by atoms with Crippen LogP contribution in [0.3, 0.4) is 0 Å². The normalized spacial score (nSPS) is 20.7. The topological polar surface area (TPSA) is 56.7 Å². The maximum Gasteiger partial charge on any atom is 0.138 e. The highest BCUT2D eigenvalue weighted by Gasteiger charge is 2.13. The van der Waals surface area contributed by atoms with Gasteiger partial charge in [-0.15, -0.1) is 0 Å². The molecule has 1 heterocycles. The highest BCUT2D eigenvalue weighted by Crippen LogP contribution is 2.20. The van der Waals surface area contributed by atoms with Gasteiger partial charge in [0.15, 0.2) is 0 Å². The Bertz CT molecular complexity index is 392. The molecule has 2 N–H and O–H groups in total. The van der Waals surface area contributed by atoms with Crippen molar-refractivity contribution in [1.82, 2.24) is 14.8 Å². The molecular weight excluding hydrogens is 212 g/mol. The van der Waals surface area contributed by atoms with Gasteiger partial charge in [0.05, 0.1) is 0 Å². The second-order valence-corrected chi connectivity index (χ2v) is 5.31. The largest absolute Gasteiger partial charge is 0.324 e. The van der Waals surface area contributed by atoms with Crippen LogP contribution < -0.4 is 5.73 Å². The molecule has 1 aliphatic rings. The number of allylic oxidation sites excluding steroid dienone is 1. The Morgan fingerprint density at radius 2 is 2.35 bits per heavy atom. The summed E-state index contributed by atoms with van der Waals surface area (Å²) < 4.78 is 2.02. The molecule has 0 bridgehead atoms. The molecule has 0 aromatic carbocycles. The molecule has 1 unspecified atom stereocenters. The third kappa shape index (κ3) is 3.40. The van der Waals surface area contributed by atoms with Gasteiger partial charge in [0.2, 0.25) is 0 Å². The van der Waals surface area contributed by atoms with E-state index in [0.29, 0.717) is 5.92 Å². The van der Waals surface area contributed by atoms with Crippen LogP contribution in [0.4, 0.5) is 0 Å². The zero-order valence-electron chi connectivity index (χ0n) is 10.8. The van der Waals surface area contributed by atoms with Gasteiger partial charge in [-0.1, -0.05) is 25.5 Å². The first-order valence-electron chi connectivity index (χ1n) is 6.47. The molecule has 0 saturated carbocycles. The van der Waals surface area contributed by atoms with E-state index in [4.69, 9.17) is 5.73 Å². The molecule has 17 heavy (non-hydrogen) atoms. The monoisotopic (exact) mass is 234 g/mol. The van der Waals surface area contributed by atoms with Crippen molar-refractivity contribution < 1.29 is 0 Å². The Morgan fingerprint density at radius 1 is 1.53 bits per heavy atom. The summed E-state index contributed by atoms with van der Waals surface area (Å²) in [5.41, 5.74) is 7.37. The lowest BCUT2D eigenvalue weighted by atomic mass is 9.94. The van der Waals surface area contributed by atoms with E-state index in [1.165, 1.54) is 12.0 Å². The standard InChI is InChI=1S/C13H22N4/c1-10(2)8-17-13(15-9-16-17)7-11-4-3-5-12(14)6-11/h6,9-10,12H,3-5,7-8,14H2,1-2H3. The molecule has 1 aromatic heterocycles. The van der Waals surface area contributed by atoms with E-state index in [-0.39, 0.29) is 6.04 Å². The average Bonchev–Trinajstić information content (AvgIpc) is 2.65. The van der Waals surface area contributed by atoms with Crippen molar-refractivity contribution in [2.75, 3.05) is 0 Å². The van der Waals surface area contributed by atoms with Gasteiger partial charge in [-0.3, -0.25) is 0 Å². The zero-order chi connectivity index (χ0) is 12.3. The number of nitrogens with two attached hydrogens (primary N) is 1. The third-order valence-electron chi connectivity index (χ3n) is 3.10. The fourth-order valence-corrected chi connectivity index (χ4v) is 2.31. The van der Waals surface area contributed by atoms with E-state index >= 15 is 0 Å². The summed E-state index contributed by atoms with van der Waals surface area (Å²) in [6.45, 7) is 5.33. The smallest absolute Gasteiger partial charge is 0.138 e. The van der Waals surface area contributed by atoms with Crippen molar-refractivity contribution in [3.05, 3.63) is 23.8 Å². The molecule has 0 spiro atoms. The summed E-state index contributed by atoms with van der Waals surface area (Å²) in [6, 6.07) is 0.236. The Kier molecular flexibility index (Phi) is 3.94. The van der Waals surface area contributed by atoms with Crippen molar-refractivity contribution >= 4 is 0 Å². The quantitative estimate of drug-likeness (QED) is 0.810. The summed E-state index contributed by atoms with van der Waals surface area (Å²) in [4.78, 5) is 4.36. The van der Waals surface area contributed by atoms with Crippen LogP contribution in [0, 0.1) is 5.92 Å². The fraction of sp³-hybridized carbons (Fsp3) is 0.692. The van der Waals surface area contributed by atoms with Crippen molar-refractivity contribution in [3.8, 4) is 0 Å². The van der Waals surface area contributed by atoms with E-state index in [1.807, 2.05) is 4.68 Å². The number of nitrogens with zero attached hydrogens (tertiary/aromatic N) is 3. The Hall–Kier alpha value is -1.16. The minimum Gasteiger partial charge on any atom is -0.324 e. The number of hydrogen-bond acceptors (Lipinski definition) is 3. The average molecular weight is 234 g/mol. The van der Waals surface area contributed by atoms with E-state index in [9.17, 15) is 0 Å². The minimum atomic E-state index is 0.236. The lowest BCUT2D eigenvalue weighted by Crippen LogP contribution is -2.21. The molecule has 0 amide bonds. The Balaban J connectivity index is 2.05. The van der Waals surface area contributed by atoms with Crippen LogP contribution in [0.1, 0.15) is 38.9 Å². The molecule has 1 aromatic rings. The molecule has 4 nitrogen and oxygen atoms in total. The summed E-state index contributed by atoms with van der Waals surface area (Å²) in [5, 5.41) is 4.29. The van der Waals surface area contributed by atoms with Gasteiger partial charge in [-0.2, -0.15) is 5.10 Å². The first-order valence-corrected chi connectivity index (χ1v) is 6.47. The summed E-state index contributed by atoms with van der Waals surface area (Å²) in [7, 11) is 0. The van der Waals surface area contributed by atoms with Crippen LogP contribution in [0.2, 0.25) is 0 Å². The SMILES string of the molecule is CC(C)Cn1ncnc1CC1=CC(N)CCC1. The van der Waals surface area contributed by atoms with Gasteiger partial charge in [0.1, 0.15) is 12.2 Å². The second kappa shape index (κ2) is 5.45. The maximum atomic E-state index is 5.95. The molecule has 2 rings (SSSR count). The molecule has 1 aliphatic carbocycles. The predicted octanol–water partition coefficient (Wildman–Crippen LogP) is 1.91. The van der Waals surface area contributed by atoms with E-state index in [2.05, 4.69) is 30.0 Å². The number of hydrogen-bond donors (Lipinski definition) is 1. The molecular formula is C13H22N4. The van der Waals surface area contributed by atoms with Crippen LogP contribution in [0.5, 0.6) is 0 Å². The van der Waals surface area contributed by atoms with Crippen molar-refractivity contribution in [3.63, 3.8) is 0 Å². The van der Waals surface area contributed by atoms with Crippen molar-refractivity contribution in [1.29, 1.82) is 0 Å². The molecule has 0 radical (unpaired) electrons. The third-order valence-corrected chi connectivity index (χ3v) is 3.10. The van der Waals surface area contributed by atoms with Gasteiger partial charge in [0, 0.05) is 19.0 Å². The first kappa shape index (κ1) is 12.3. The highest BCUT2D eigenvalue weighted by atomic mass is 15.3. The molecule has 0 aliphatic heterocycles. The van der Waals surface area contributed by atoms with Crippen molar-refractivity contribution in [2.45, 2.75) is 52.1 Å². The second-order valence-electron chi connectivity index (χ2n) is 5.31. The predicted molar refractivity (Wildman–Crippen MR) is 68.5 cm³/mol. The van der Waals surface area contributed by atoms with Gasteiger partial charge in [0.25, 0.3) is 0 Å². The zero-order valence-corrected chi connectivity index (χ0v) is 10.8. The van der Waals surface area contributed by atoms with Crippen molar-refractivity contribution in [2.24, 2.45) is 11.7 Å². The molecule has 0 fully saturated rings. The summed E-state index contributed by atoms with van der Waals surface area (Å²) in [6.07, 6.45) is 8.23. The van der Waals surface area contributed by atoms with E-state index in [0.717, 1.165) is 31.6 Å². The van der Waals surface area contributed by atoms with E-state index < -0.39 is 0 Å². The molecule has 0 saturated heterocycles. The van der Waals surface area contributed by atoms with Crippen LogP contribution in [0.25, 0.3) is 0 Å². The van der Waals surface area contributed by atoms with Crippen LogP contribution in [-0.4, -0.2) is 20.8 Å². The number of rotatable bonds is 4. The maximum absolute atomic E-state index is 5.95. The fourth-order valence-electron chi connectivity index (χ4n) is 2.31. The van der Waals surface area contributed by atoms with Crippen LogP contribution >= 0.6 is 0 Å². The minimum absolute atomic E-state index is 0.236. The van der Waals surface area contributed by atoms with E-state index in [1.54, 1.807) is 6.33 Å². The van der Waals surface area contributed by atoms with Gasteiger partial charge in [-0.05, 0) is 25.2 Å². The Morgan fingerprint density at radius 3 is 3.06 bits per heavy atom. The molecule has 94 valence electrons. The van der Waals surface area contributed by atoms with Gasteiger partial charge >= 0.3 is 0 Å².